The second-order valence-electron chi connectivity index (χ2n) is 3.41. The van der Waals surface area contributed by atoms with E-state index in [4.69, 9.17) is 5.11 Å². The number of fused-ring (bicyclic) bond motifs is 2. The van der Waals surface area contributed by atoms with Gasteiger partial charge in [0.15, 0.2) is 0 Å². The Hall–Kier alpha value is -0.570. The molecule has 1 heterocycles. The molecule has 0 aromatic carbocycles. The summed E-state index contributed by atoms with van der Waals surface area (Å²) in [5.74, 6) is -0.611. The van der Waals surface area contributed by atoms with Crippen molar-refractivity contribution in [1.29, 1.82) is 0 Å². The smallest absolute Gasteiger partial charge is 0.310 e. The number of aliphatic carboxylic acids is 1. The number of rotatable bonds is 1. The number of nitrogens with one attached hydrogen (secondary N) is 1. The predicted octanol–water partition coefficient (Wildman–Crippen LogP) is 0.213. The van der Waals surface area contributed by atoms with Crippen LogP contribution in [0.3, 0.4) is 0 Å². The number of carbonyl (C=O) groups is 1. The van der Waals surface area contributed by atoms with Gasteiger partial charge in [-0.05, 0) is 19.3 Å². The molecule has 1 saturated carbocycles. The zero-order chi connectivity index (χ0) is 7.19. The third-order valence-electron chi connectivity index (χ3n) is 2.79. The molecule has 2 rings (SSSR count). The molecule has 0 radical (unpaired) electrons. The molecule has 0 aromatic rings. The third-order valence-corrected chi connectivity index (χ3v) is 2.79. The largest absolute Gasteiger partial charge is 0.481 e. The Balaban J connectivity index is 2.23. The highest BCUT2D eigenvalue weighted by molar-refractivity contribution is 5.76. The molecule has 0 spiro atoms. The Morgan fingerprint density at radius 1 is 1.70 bits per heavy atom. The molecular formula is C7H11NO2. The van der Waals surface area contributed by atoms with E-state index < -0.39 is 5.97 Å². The molecular weight excluding hydrogens is 130 g/mol. The Bertz CT molecular complexity index is 170. The normalized spacial score (nSPS) is 44.2. The number of hydrogen-bond acceptors (Lipinski definition) is 2. The molecule has 2 aliphatic rings. The van der Waals surface area contributed by atoms with Crippen molar-refractivity contribution in [2.75, 3.05) is 6.54 Å². The van der Waals surface area contributed by atoms with Gasteiger partial charge in [0.25, 0.3) is 0 Å². The second-order valence-corrected chi connectivity index (χ2v) is 3.41. The Morgan fingerprint density at radius 2 is 2.50 bits per heavy atom. The van der Waals surface area contributed by atoms with E-state index >= 15 is 0 Å². The summed E-state index contributed by atoms with van der Waals surface area (Å²) >= 11 is 0. The van der Waals surface area contributed by atoms with E-state index in [0.29, 0.717) is 12.6 Å². The van der Waals surface area contributed by atoms with Crippen LogP contribution in [-0.2, 0) is 4.79 Å². The first-order chi connectivity index (χ1) is 4.73. The van der Waals surface area contributed by atoms with E-state index in [1.807, 2.05) is 0 Å². The van der Waals surface area contributed by atoms with Gasteiger partial charge in [0.05, 0.1) is 5.41 Å². The lowest BCUT2D eigenvalue weighted by molar-refractivity contribution is -0.147. The quantitative estimate of drug-likeness (QED) is 0.549. The molecule has 1 unspecified atom stereocenters. The third kappa shape index (κ3) is 0.611. The van der Waals surface area contributed by atoms with Crippen LogP contribution in [-0.4, -0.2) is 23.7 Å². The maximum atomic E-state index is 10.7. The molecule has 0 aromatic heterocycles. The molecule has 2 bridgehead atoms. The minimum atomic E-state index is -0.611. The fourth-order valence-electron chi connectivity index (χ4n) is 2.07. The monoisotopic (exact) mass is 141 g/mol. The van der Waals surface area contributed by atoms with Crippen molar-refractivity contribution in [1.82, 2.24) is 5.32 Å². The van der Waals surface area contributed by atoms with Crippen LogP contribution in [0.1, 0.15) is 19.3 Å². The van der Waals surface area contributed by atoms with Crippen molar-refractivity contribution >= 4 is 5.97 Å². The number of piperidine rings is 1. The van der Waals surface area contributed by atoms with E-state index in [0.717, 1.165) is 19.3 Å². The van der Waals surface area contributed by atoms with Gasteiger partial charge in [-0.15, -0.1) is 0 Å². The van der Waals surface area contributed by atoms with Crippen LogP contribution in [0, 0.1) is 5.41 Å². The minimum Gasteiger partial charge on any atom is -0.481 e. The topological polar surface area (TPSA) is 49.3 Å². The molecule has 0 amide bonds. The first kappa shape index (κ1) is 6.16. The maximum absolute atomic E-state index is 10.7. The van der Waals surface area contributed by atoms with Crippen LogP contribution in [0.2, 0.25) is 0 Å². The van der Waals surface area contributed by atoms with Crippen LogP contribution < -0.4 is 5.32 Å². The lowest BCUT2D eigenvalue weighted by Gasteiger charge is -2.20. The minimum absolute atomic E-state index is 0.384. The first-order valence-electron chi connectivity index (χ1n) is 3.70. The van der Waals surface area contributed by atoms with Crippen LogP contribution >= 0.6 is 0 Å². The van der Waals surface area contributed by atoms with Crippen molar-refractivity contribution < 1.29 is 9.90 Å². The standard InChI is InChI=1S/C7H11NO2/c9-6(10)7-2-1-5(3-7)8-4-7/h5,8H,1-4H2,(H,9,10)/t5?,7-/m0/s1. The number of carboxylic acid groups (broad SMARTS) is 1. The molecule has 2 atom stereocenters. The zero-order valence-electron chi connectivity index (χ0n) is 5.76. The molecule has 1 aliphatic heterocycles. The summed E-state index contributed by atoms with van der Waals surface area (Å²) in [6.45, 7) is 0.687. The number of carboxylic acids is 1. The fraction of sp³-hybridized carbons (Fsp3) is 0.857. The SMILES string of the molecule is O=C(O)[C@@]12CCC(C1)NC2. The van der Waals surface area contributed by atoms with Crippen LogP contribution in [0.15, 0.2) is 0 Å². The fourth-order valence-corrected chi connectivity index (χ4v) is 2.07. The molecule has 56 valence electrons. The highest BCUT2D eigenvalue weighted by Crippen LogP contribution is 2.42. The van der Waals surface area contributed by atoms with Gasteiger partial charge in [-0.2, -0.15) is 0 Å². The van der Waals surface area contributed by atoms with E-state index in [1.54, 1.807) is 0 Å². The summed E-state index contributed by atoms with van der Waals surface area (Å²) < 4.78 is 0. The van der Waals surface area contributed by atoms with Crippen LogP contribution in [0.4, 0.5) is 0 Å². The second kappa shape index (κ2) is 1.72. The first-order valence-corrected chi connectivity index (χ1v) is 3.70. The Morgan fingerprint density at radius 3 is 2.70 bits per heavy atom. The molecule has 2 N–H and O–H groups in total. The molecule has 3 heteroatoms. The summed E-state index contributed by atoms with van der Waals surface area (Å²) in [5.41, 5.74) is -0.384. The summed E-state index contributed by atoms with van der Waals surface area (Å²) in [7, 11) is 0. The molecule has 10 heavy (non-hydrogen) atoms. The number of hydrogen-bond donors (Lipinski definition) is 2. The molecule has 1 saturated heterocycles. The molecule has 3 nitrogen and oxygen atoms in total. The lowest BCUT2D eigenvalue weighted by Crippen LogP contribution is -2.35. The van der Waals surface area contributed by atoms with Crippen molar-refractivity contribution in [3.63, 3.8) is 0 Å². The Labute approximate surface area is 59.4 Å². The van der Waals surface area contributed by atoms with Crippen molar-refractivity contribution in [2.45, 2.75) is 25.3 Å². The average Bonchev–Trinajstić information content (AvgIpc) is 2.45. The summed E-state index contributed by atoms with van der Waals surface area (Å²) in [6.07, 6.45) is 2.77. The summed E-state index contributed by atoms with van der Waals surface area (Å²) in [6, 6.07) is 0.496. The van der Waals surface area contributed by atoms with Gasteiger partial charge in [0, 0.05) is 12.6 Å². The van der Waals surface area contributed by atoms with Gasteiger partial charge in [-0.3, -0.25) is 4.79 Å². The Kier molecular flexibility index (Phi) is 1.06. The van der Waals surface area contributed by atoms with Crippen LogP contribution in [0.5, 0.6) is 0 Å². The van der Waals surface area contributed by atoms with Crippen molar-refractivity contribution in [2.24, 2.45) is 5.41 Å². The highest BCUT2D eigenvalue weighted by atomic mass is 16.4. The van der Waals surface area contributed by atoms with Gasteiger partial charge in [-0.1, -0.05) is 0 Å². The van der Waals surface area contributed by atoms with Crippen molar-refractivity contribution in [3.05, 3.63) is 0 Å². The average molecular weight is 141 g/mol. The summed E-state index contributed by atoms with van der Waals surface area (Å²) in [4.78, 5) is 10.7. The summed E-state index contributed by atoms with van der Waals surface area (Å²) in [5, 5.41) is 12.0. The molecule has 2 fully saturated rings. The van der Waals surface area contributed by atoms with Gasteiger partial charge >= 0.3 is 5.97 Å². The highest BCUT2D eigenvalue weighted by Gasteiger charge is 2.50. The van der Waals surface area contributed by atoms with Gasteiger partial charge in [0.1, 0.15) is 0 Å². The van der Waals surface area contributed by atoms with E-state index in [9.17, 15) is 4.79 Å². The van der Waals surface area contributed by atoms with Crippen LogP contribution in [0.25, 0.3) is 0 Å². The predicted molar refractivity (Wildman–Crippen MR) is 35.7 cm³/mol. The van der Waals surface area contributed by atoms with Crippen molar-refractivity contribution in [3.8, 4) is 0 Å². The van der Waals surface area contributed by atoms with E-state index in [-0.39, 0.29) is 5.41 Å². The maximum Gasteiger partial charge on any atom is 0.310 e. The lowest BCUT2D eigenvalue weighted by atomic mass is 9.88. The van der Waals surface area contributed by atoms with Gasteiger partial charge < -0.3 is 10.4 Å². The zero-order valence-corrected chi connectivity index (χ0v) is 5.76. The molecule has 1 aliphatic carbocycles. The van der Waals surface area contributed by atoms with E-state index in [1.165, 1.54) is 0 Å². The van der Waals surface area contributed by atoms with Gasteiger partial charge in [0.2, 0.25) is 0 Å². The van der Waals surface area contributed by atoms with E-state index in [2.05, 4.69) is 5.32 Å². The van der Waals surface area contributed by atoms with Gasteiger partial charge in [-0.25, -0.2) is 0 Å².